The standard InChI is InChI=1S/C12H13N3O2/c1-12(7-14)8-15(11(16)17-12)10-4-2-3-9(5-10)6-13/h2-5H,7-8,14H2,1H3. The zero-order chi connectivity index (χ0) is 12.5. The minimum atomic E-state index is -0.653. The molecule has 0 radical (unpaired) electrons. The van der Waals surface area contributed by atoms with Gasteiger partial charge in [0.2, 0.25) is 0 Å². The maximum Gasteiger partial charge on any atom is 0.415 e. The topological polar surface area (TPSA) is 79.4 Å². The van der Waals surface area contributed by atoms with Gasteiger partial charge < -0.3 is 10.5 Å². The van der Waals surface area contributed by atoms with E-state index in [0.717, 1.165) is 0 Å². The Morgan fingerprint density at radius 3 is 3.00 bits per heavy atom. The van der Waals surface area contributed by atoms with Crippen LogP contribution in [0.5, 0.6) is 0 Å². The molecule has 2 rings (SSSR count). The normalized spacial score (nSPS) is 23.4. The van der Waals surface area contributed by atoms with Crippen LogP contribution in [0.1, 0.15) is 12.5 Å². The number of benzene rings is 1. The number of ether oxygens (including phenoxy) is 1. The highest BCUT2D eigenvalue weighted by Gasteiger charge is 2.41. The highest BCUT2D eigenvalue weighted by Crippen LogP contribution is 2.27. The second-order valence-corrected chi connectivity index (χ2v) is 4.27. The van der Waals surface area contributed by atoms with Gasteiger partial charge in [0.1, 0.15) is 5.60 Å². The molecule has 1 fully saturated rings. The lowest BCUT2D eigenvalue weighted by molar-refractivity contribution is 0.0789. The molecule has 1 aliphatic heterocycles. The van der Waals surface area contributed by atoms with Gasteiger partial charge in [-0.15, -0.1) is 0 Å². The van der Waals surface area contributed by atoms with E-state index in [1.54, 1.807) is 31.2 Å². The van der Waals surface area contributed by atoms with E-state index < -0.39 is 11.7 Å². The number of nitrogens with zero attached hydrogens (tertiary/aromatic N) is 2. The van der Waals surface area contributed by atoms with Gasteiger partial charge in [0, 0.05) is 12.2 Å². The number of carbonyl (C=O) groups is 1. The summed E-state index contributed by atoms with van der Waals surface area (Å²) < 4.78 is 5.22. The molecule has 1 unspecified atom stereocenters. The molecule has 1 aromatic rings. The first-order valence-electron chi connectivity index (χ1n) is 5.29. The van der Waals surface area contributed by atoms with Crippen LogP contribution < -0.4 is 10.6 Å². The monoisotopic (exact) mass is 231 g/mol. The molecule has 1 aromatic carbocycles. The van der Waals surface area contributed by atoms with Crippen molar-refractivity contribution in [2.75, 3.05) is 18.0 Å². The van der Waals surface area contributed by atoms with E-state index in [1.807, 2.05) is 6.07 Å². The molecule has 17 heavy (non-hydrogen) atoms. The van der Waals surface area contributed by atoms with Gasteiger partial charge in [-0.2, -0.15) is 5.26 Å². The van der Waals surface area contributed by atoms with Crippen molar-refractivity contribution in [2.24, 2.45) is 5.73 Å². The minimum Gasteiger partial charge on any atom is -0.440 e. The molecule has 88 valence electrons. The first-order valence-corrected chi connectivity index (χ1v) is 5.29. The number of carbonyl (C=O) groups excluding carboxylic acids is 1. The predicted molar refractivity (Wildman–Crippen MR) is 62.4 cm³/mol. The minimum absolute atomic E-state index is 0.271. The van der Waals surface area contributed by atoms with Crippen LogP contribution in [0.25, 0.3) is 0 Å². The Hall–Kier alpha value is -2.06. The Morgan fingerprint density at radius 1 is 1.65 bits per heavy atom. The van der Waals surface area contributed by atoms with Crippen molar-refractivity contribution in [2.45, 2.75) is 12.5 Å². The fourth-order valence-corrected chi connectivity index (χ4v) is 1.74. The molecular formula is C12H13N3O2. The Bertz CT molecular complexity index is 495. The van der Waals surface area contributed by atoms with Crippen molar-refractivity contribution in [3.8, 4) is 6.07 Å². The fourth-order valence-electron chi connectivity index (χ4n) is 1.74. The highest BCUT2D eigenvalue weighted by atomic mass is 16.6. The number of rotatable bonds is 2. The molecule has 1 amide bonds. The van der Waals surface area contributed by atoms with E-state index in [0.29, 0.717) is 17.8 Å². The summed E-state index contributed by atoms with van der Waals surface area (Å²) in [5.74, 6) is 0. The second kappa shape index (κ2) is 4.07. The van der Waals surface area contributed by atoms with Gasteiger partial charge in [-0.05, 0) is 25.1 Å². The number of nitriles is 1. The van der Waals surface area contributed by atoms with Crippen molar-refractivity contribution in [3.05, 3.63) is 29.8 Å². The molecule has 0 spiro atoms. The zero-order valence-electron chi connectivity index (χ0n) is 9.51. The lowest BCUT2D eigenvalue weighted by atomic mass is 10.1. The number of hydrogen-bond donors (Lipinski definition) is 1. The summed E-state index contributed by atoms with van der Waals surface area (Å²) in [4.78, 5) is 13.2. The Balaban J connectivity index is 2.29. The van der Waals surface area contributed by atoms with Crippen LogP contribution in [0.2, 0.25) is 0 Å². The third-order valence-corrected chi connectivity index (χ3v) is 2.77. The van der Waals surface area contributed by atoms with Gasteiger partial charge in [-0.3, -0.25) is 4.90 Å². The third kappa shape index (κ3) is 2.08. The maximum atomic E-state index is 11.7. The average molecular weight is 231 g/mol. The van der Waals surface area contributed by atoms with E-state index in [-0.39, 0.29) is 6.54 Å². The second-order valence-electron chi connectivity index (χ2n) is 4.27. The molecule has 2 N–H and O–H groups in total. The number of hydrogen-bond acceptors (Lipinski definition) is 4. The van der Waals surface area contributed by atoms with Gasteiger partial charge in [0.05, 0.1) is 18.2 Å². The van der Waals surface area contributed by atoms with Gasteiger partial charge in [-0.1, -0.05) is 6.07 Å². The fraction of sp³-hybridized carbons (Fsp3) is 0.333. The summed E-state index contributed by atoms with van der Waals surface area (Å²) in [7, 11) is 0. The van der Waals surface area contributed by atoms with Gasteiger partial charge >= 0.3 is 6.09 Å². The number of nitrogens with two attached hydrogens (primary N) is 1. The summed E-state index contributed by atoms with van der Waals surface area (Å²) in [5.41, 5.74) is 6.09. The first-order chi connectivity index (χ1) is 8.08. The molecule has 0 aliphatic carbocycles. The van der Waals surface area contributed by atoms with E-state index in [1.165, 1.54) is 4.90 Å². The molecule has 0 aromatic heterocycles. The summed E-state index contributed by atoms with van der Waals surface area (Å²) in [6.45, 7) is 2.46. The molecule has 5 nitrogen and oxygen atoms in total. The largest absolute Gasteiger partial charge is 0.440 e. The van der Waals surface area contributed by atoms with Crippen molar-refractivity contribution in [1.29, 1.82) is 5.26 Å². The van der Waals surface area contributed by atoms with Crippen LogP contribution in [0, 0.1) is 11.3 Å². The summed E-state index contributed by atoms with van der Waals surface area (Å²) in [6.07, 6.45) is -0.423. The maximum absolute atomic E-state index is 11.7. The lowest BCUT2D eigenvalue weighted by Crippen LogP contribution is -2.38. The van der Waals surface area contributed by atoms with E-state index in [2.05, 4.69) is 0 Å². The Labute approximate surface area is 99.4 Å². The molecule has 1 atom stereocenters. The third-order valence-electron chi connectivity index (χ3n) is 2.77. The molecule has 0 bridgehead atoms. The zero-order valence-corrected chi connectivity index (χ0v) is 9.51. The summed E-state index contributed by atoms with van der Waals surface area (Å²) in [5, 5.41) is 8.81. The van der Waals surface area contributed by atoms with Crippen molar-refractivity contribution in [1.82, 2.24) is 0 Å². The Morgan fingerprint density at radius 2 is 2.41 bits per heavy atom. The summed E-state index contributed by atoms with van der Waals surface area (Å²) >= 11 is 0. The number of amides is 1. The number of cyclic esters (lactones) is 1. The average Bonchev–Trinajstić information content (AvgIpc) is 2.66. The van der Waals surface area contributed by atoms with Crippen molar-refractivity contribution >= 4 is 11.8 Å². The molecule has 0 saturated carbocycles. The van der Waals surface area contributed by atoms with Crippen molar-refractivity contribution < 1.29 is 9.53 Å². The van der Waals surface area contributed by atoms with E-state index in [4.69, 9.17) is 15.7 Å². The van der Waals surface area contributed by atoms with Gasteiger partial charge in [-0.25, -0.2) is 4.79 Å². The molecule has 1 heterocycles. The molecule has 1 aliphatic rings. The Kier molecular flexibility index (Phi) is 2.74. The lowest BCUT2D eigenvalue weighted by Gasteiger charge is -2.19. The highest BCUT2D eigenvalue weighted by molar-refractivity contribution is 5.90. The van der Waals surface area contributed by atoms with Crippen LogP contribution in [-0.4, -0.2) is 24.8 Å². The van der Waals surface area contributed by atoms with Gasteiger partial charge in [0.25, 0.3) is 0 Å². The quantitative estimate of drug-likeness (QED) is 0.830. The molecular weight excluding hydrogens is 218 g/mol. The first kappa shape index (κ1) is 11.4. The van der Waals surface area contributed by atoms with Crippen LogP contribution in [0.15, 0.2) is 24.3 Å². The van der Waals surface area contributed by atoms with Crippen LogP contribution in [-0.2, 0) is 4.74 Å². The predicted octanol–water partition coefficient (Wildman–Crippen LogP) is 1.23. The SMILES string of the molecule is CC1(CN)CN(c2cccc(C#N)c2)C(=O)O1. The summed E-state index contributed by atoms with van der Waals surface area (Å²) in [6, 6.07) is 8.88. The van der Waals surface area contributed by atoms with Gasteiger partial charge in [0.15, 0.2) is 0 Å². The van der Waals surface area contributed by atoms with Crippen LogP contribution in [0.3, 0.4) is 0 Å². The molecule has 5 heteroatoms. The number of anilines is 1. The smallest absolute Gasteiger partial charge is 0.415 e. The van der Waals surface area contributed by atoms with E-state index >= 15 is 0 Å². The van der Waals surface area contributed by atoms with Crippen LogP contribution >= 0.6 is 0 Å². The molecule has 1 saturated heterocycles. The van der Waals surface area contributed by atoms with Crippen LogP contribution in [0.4, 0.5) is 10.5 Å². The van der Waals surface area contributed by atoms with Crippen molar-refractivity contribution in [3.63, 3.8) is 0 Å². The van der Waals surface area contributed by atoms with E-state index in [9.17, 15) is 4.79 Å².